The molecule has 0 spiro atoms. The minimum absolute atomic E-state index is 0.150. The quantitative estimate of drug-likeness (QED) is 0.482. The van der Waals surface area contributed by atoms with Crippen LogP contribution in [-0.4, -0.2) is 36.9 Å². The summed E-state index contributed by atoms with van der Waals surface area (Å²) in [6.07, 6.45) is 6.61. The predicted octanol–water partition coefficient (Wildman–Crippen LogP) is 5.93. The normalized spacial score (nSPS) is 23.5. The van der Waals surface area contributed by atoms with Crippen molar-refractivity contribution in [1.29, 1.82) is 0 Å². The summed E-state index contributed by atoms with van der Waals surface area (Å²) in [6.45, 7) is 6.27. The smallest absolute Gasteiger partial charge is 0.356 e. The lowest BCUT2D eigenvalue weighted by atomic mass is 9.62. The molecule has 36 heavy (non-hydrogen) atoms. The summed E-state index contributed by atoms with van der Waals surface area (Å²) >= 11 is 0. The van der Waals surface area contributed by atoms with Crippen LogP contribution in [0, 0.1) is 5.92 Å². The van der Waals surface area contributed by atoms with Crippen LogP contribution >= 0.6 is 0 Å². The van der Waals surface area contributed by atoms with Crippen molar-refractivity contribution in [1.82, 2.24) is 0 Å². The van der Waals surface area contributed by atoms with Gasteiger partial charge in [0.2, 0.25) is 0 Å². The highest BCUT2D eigenvalue weighted by Gasteiger charge is 2.51. The Morgan fingerprint density at radius 3 is 2.44 bits per heavy atom. The molecule has 0 radical (unpaired) electrons. The first-order chi connectivity index (χ1) is 17.5. The van der Waals surface area contributed by atoms with Gasteiger partial charge in [0.25, 0.3) is 0 Å². The van der Waals surface area contributed by atoms with Crippen molar-refractivity contribution in [2.45, 2.75) is 32.6 Å². The van der Waals surface area contributed by atoms with E-state index in [-0.39, 0.29) is 12.5 Å². The van der Waals surface area contributed by atoms with Gasteiger partial charge in [-0.3, -0.25) is 0 Å². The monoisotopic (exact) mass is 479 g/mol. The van der Waals surface area contributed by atoms with E-state index in [0.717, 1.165) is 39.6 Å². The number of carbonyl (C=O) groups excluding carboxylic acids is 1. The van der Waals surface area contributed by atoms with Gasteiger partial charge >= 0.3 is 5.97 Å². The molecule has 0 fully saturated rings. The Balaban J connectivity index is 1.80. The van der Waals surface area contributed by atoms with Crippen LogP contribution in [0.2, 0.25) is 0 Å². The number of amidine groups is 1. The fraction of sp³-hybridized carbons (Fsp3) is 0.267. The average Bonchev–Trinajstić information content (AvgIpc) is 2.92. The van der Waals surface area contributed by atoms with Gasteiger partial charge in [-0.05, 0) is 73.4 Å². The number of esters is 1. The van der Waals surface area contributed by atoms with Crippen molar-refractivity contribution in [2.75, 3.05) is 13.7 Å². The molecular weight excluding hydrogens is 450 g/mol. The second-order valence-corrected chi connectivity index (χ2v) is 8.95. The van der Waals surface area contributed by atoms with E-state index < -0.39 is 11.4 Å². The van der Waals surface area contributed by atoms with Gasteiger partial charge in [0, 0.05) is 0 Å². The number of benzene rings is 2. The lowest BCUT2D eigenvalue weighted by Crippen LogP contribution is -2.53. The molecule has 0 saturated heterocycles. The molecule has 2 heterocycles. The molecule has 0 bridgehead atoms. The van der Waals surface area contributed by atoms with Crippen molar-refractivity contribution in [3.63, 3.8) is 0 Å². The Bertz CT molecular complexity index is 1380. The van der Waals surface area contributed by atoms with Crippen molar-refractivity contribution in [3.05, 3.63) is 95.2 Å². The van der Waals surface area contributed by atoms with Crippen LogP contribution in [0.5, 0.6) is 5.75 Å². The molecule has 2 atom stereocenters. The minimum Gasteiger partial charge on any atom is -0.497 e. The number of aliphatic imine (C=N–C) groups is 3. The molecule has 2 unspecified atom stereocenters. The molecule has 2 aromatic rings. The zero-order valence-electron chi connectivity index (χ0n) is 21.0. The second kappa shape index (κ2) is 9.53. The summed E-state index contributed by atoms with van der Waals surface area (Å²) in [5.41, 5.74) is 5.25. The van der Waals surface area contributed by atoms with Crippen LogP contribution in [0.3, 0.4) is 0 Å². The molecule has 5 rings (SSSR count). The number of methoxy groups -OCH3 is 1. The number of rotatable bonds is 6. The zero-order valence-corrected chi connectivity index (χ0v) is 21.0. The average molecular weight is 480 g/mol. The third kappa shape index (κ3) is 3.83. The van der Waals surface area contributed by atoms with E-state index in [1.54, 1.807) is 14.0 Å². The highest BCUT2D eigenvalue weighted by molar-refractivity contribution is 6.34. The van der Waals surface area contributed by atoms with Crippen molar-refractivity contribution in [3.8, 4) is 5.75 Å². The van der Waals surface area contributed by atoms with Crippen LogP contribution in [0.15, 0.2) is 105 Å². The first-order valence-electron chi connectivity index (χ1n) is 12.3. The van der Waals surface area contributed by atoms with Gasteiger partial charge < -0.3 is 9.47 Å². The van der Waals surface area contributed by atoms with Crippen molar-refractivity contribution < 1.29 is 14.3 Å². The Kier molecular flexibility index (Phi) is 6.27. The van der Waals surface area contributed by atoms with Crippen molar-refractivity contribution >= 4 is 28.9 Å². The number of hydrogen-bond donors (Lipinski definition) is 0. The molecule has 182 valence electrons. The van der Waals surface area contributed by atoms with Gasteiger partial charge in [0.05, 0.1) is 42.2 Å². The number of carbonyl (C=O) groups is 1. The van der Waals surface area contributed by atoms with E-state index in [4.69, 9.17) is 24.5 Å². The highest BCUT2D eigenvalue weighted by atomic mass is 16.5. The maximum Gasteiger partial charge on any atom is 0.356 e. The Labute approximate surface area is 211 Å². The molecule has 2 aromatic carbocycles. The van der Waals surface area contributed by atoms with Crippen LogP contribution in [0.25, 0.3) is 0 Å². The molecule has 6 nitrogen and oxygen atoms in total. The molecule has 3 aliphatic rings. The maximum atomic E-state index is 12.9. The standard InChI is InChI=1S/C30H29N3O3/c1-5-30(20-10-8-7-9-11-20)27-26-23(18-25(32-27)28(34)36-6-2)19(3)12-17-24(26)33-29(30)31-21-13-15-22(35-4)16-14-21/h7-18,26H,5-6H2,1-4H3. The summed E-state index contributed by atoms with van der Waals surface area (Å²) in [6, 6.07) is 17.8. The topological polar surface area (TPSA) is 72.6 Å². The number of ether oxygens (including phenoxy) is 2. The van der Waals surface area contributed by atoms with E-state index in [1.165, 1.54) is 0 Å². The number of hydrogen-bond acceptors (Lipinski definition) is 5. The lowest BCUT2D eigenvalue weighted by Gasteiger charge is -2.44. The van der Waals surface area contributed by atoms with E-state index >= 15 is 0 Å². The summed E-state index contributed by atoms with van der Waals surface area (Å²) < 4.78 is 10.7. The van der Waals surface area contributed by atoms with Gasteiger partial charge in [-0.25, -0.2) is 19.8 Å². The van der Waals surface area contributed by atoms with Crippen LogP contribution < -0.4 is 4.74 Å². The molecule has 0 amide bonds. The molecule has 0 N–H and O–H groups in total. The summed E-state index contributed by atoms with van der Waals surface area (Å²) in [4.78, 5) is 28.1. The van der Waals surface area contributed by atoms with Gasteiger partial charge in [0.1, 0.15) is 17.3 Å². The molecule has 0 saturated carbocycles. The van der Waals surface area contributed by atoms with Crippen molar-refractivity contribution in [2.24, 2.45) is 20.9 Å². The number of nitrogens with zero attached hydrogens (tertiary/aromatic N) is 3. The molecule has 2 aliphatic heterocycles. The SMILES string of the molecule is CCOC(=O)C1=CC2=C(C)C=CC3=NC(=Nc4ccc(OC)cc4)C(CC)(c4ccccc4)C(=N1)C32. The Morgan fingerprint density at radius 2 is 1.78 bits per heavy atom. The number of allylic oxidation sites excluding steroid dienone is 5. The zero-order chi connectivity index (χ0) is 25.3. The summed E-state index contributed by atoms with van der Waals surface area (Å²) in [5.74, 6) is 0.845. The minimum atomic E-state index is -0.724. The van der Waals surface area contributed by atoms with Crippen LogP contribution in [-0.2, 0) is 14.9 Å². The second-order valence-electron chi connectivity index (χ2n) is 8.95. The Hall–Kier alpha value is -4.06. The van der Waals surface area contributed by atoms with Gasteiger partial charge in [-0.2, -0.15) is 0 Å². The predicted molar refractivity (Wildman–Crippen MR) is 143 cm³/mol. The third-order valence-electron chi connectivity index (χ3n) is 7.02. The highest BCUT2D eigenvalue weighted by Crippen LogP contribution is 2.46. The molecular formula is C30H29N3O3. The van der Waals surface area contributed by atoms with Gasteiger partial charge in [0.15, 0.2) is 0 Å². The largest absolute Gasteiger partial charge is 0.497 e. The molecule has 1 aliphatic carbocycles. The maximum absolute atomic E-state index is 12.9. The van der Waals surface area contributed by atoms with Gasteiger partial charge in [-0.1, -0.05) is 43.3 Å². The first-order valence-corrected chi connectivity index (χ1v) is 12.3. The van der Waals surface area contributed by atoms with Gasteiger partial charge in [-0.15, -0.1) is 0 Å². The van der Waals surface area contributed by atoms with Crippen LogP contribution in [0.4, 0.5) is 5.69 Å². The van der Waals surface area contributed by atoms with Crippen LogP contribution in [0.1, 0.15) is 32.8 Å². The van der Waals surface area contributed by atoms with E-state index in [2.05, 4.69) is 26.0 Å². The lowest BCUT2D eigenvalue weighted by molar-refractivity contribution is -0.138. The Morgan fingerprint density at radius 1 is 1.03 bits per heavy atom. The first kappa shape index (κ1) is 23.7. The summed E-state index contributed by atoms with van der Waals surface area (Å²) in [7, 11) is 1.64. The fourth-order valence-corrected chi connectivity index (χ4v) is 5.18. The third-order valence-corrected chi connectivity index (χ3v) is 7.02. The van der Waals surface area contributed by atoms with E-state index in [1.807, 2.05) is 60.7 Å². The van der Waals surface area contributed by atoms with E-state index in [0.29, 0.717) is 18.0 Å². The fourth-order valence-electron chi connectivity index (χ4n) is 5.18. The van der Waals surface area contributed by atoms with E-state index in [9.17, 15) is 4.79 Å². The summed E-state index contributed by atoms with van der Waals surface area (Å²) in [5, 5.41) is 0. The molecule has 0 aromatic heterocycles. The molecule has 6 heteroatoms.